The summed E-state index contributed by atoms with van der Waals surface area (Å²) in [6.45, 7) is 0. The molecule has 5 heterocycles. The van der Waals surface area contributed by atoms with E-state index in [9.17, 15) is 0 Å². The van der Waals surface area contributed by atoms with Crippen molar-refractivity contribution in [1.82, 2.24) is 24.1 Å². The molecule has 238 valence electrons. The van der Waals surface area contributed by atoms with Crippen LogP contribution < -0.4 is 0 Å². The third-order valence-corrected chi connectivity index (χ3v) is 10.0. The molecule has 6 aromatic carbocycles. The fourth-order valence-corrected chi connectivity index (χ4v) is 7.71. The average Bonchev–Trinajstić information content (AvgIpc) is 3.85. The SMILES string of the molecule is c1ccc(-n2c3ccccc3c3ccc(-c4cc5c(cn4)oc4cnc(-c6ccc7c8ccccc8n(-c8ccccc8)c7c6)nc45)cc32)cc1. The molecule has 0 aliphatic carbocycles. The van der Waals surface area contributed by atoms with E-state index in [2.05, 4.69) is 155 Å². The number of nitrogens with zero attached hydrogens (tertiary/aromatic N) is 5. The standard InChI is InChI=1S/C45H27N5O/c1-3-11-30(12-4-1)49-38-17-9-7-15-32(38)34-21-19-28(23-40(34)49)37-25-36-42(26-46-37)51-43-27-47-45(48-44(36)43)29-20-22-35-33-16-8-10-18-39(33)50(41(35)24-29)31-13-5-2-6-14-31/h1-27H. The van der Waals surface area contributed by atoms with Gasteiger partial charge in [-0.05, 0) is 54.6 Å². The summed E-state index contributed by atoms with van der Waals surface area (Å²) in [5.41, 5.74) is 11.7. The van der Waals surface area contributed by atoms with Crippen LogP contribution in [0.1, 0.15) is 0 Å². The van der Waals surface area contributed by atoms with E-state index in [-0.39, 0.29) is 0 Å². The van der Waals surface area contributed by atoms with Crippen molar-refractivity contribution in [3.05, 3.63) is 164 Å². The Balaban J connectivity index is 1.07. The molecule has 51 heavy (non-hydrogen) atoms. The van der Waals surface area contributed by atoms with Gasteiger partial charge in [0.15, 0.2) is 17.0 Å². The van der Waals surface area contributed by atoms with Gasteiger partial charge in [-0.15, -0.1) is 0 Å². The molecule has 0 fully saturated rings. The third-order valence-electron chi connectivity index (χ3n) is 10.0. The number of furan rings is 1. The molecule has 11 rings (SSSR count). The first-order valence-corrected chi connectivity index (χ1v) is 17.0. The van der Waals surface area contributed by atoms with Crippen LogP contribution in [-0.4, -0.2) is 24.1 Å². The summed E-state index contributed by atoms with van der Waals surface area (Å²) in [5.74, 6) is 0.643. The zero-order valence-electron chi connectivity index (χ0n) is 27.2. The number of rotatable bonds is 4. The number of fused-ring (bicyclic) bond motifs is 9. The largest absolute Gasteiger partial charge is 0.451 e. The van der Waals surface area contributed by atoms with E-state index in [1.807, 2.05) is 6.07 Å². The summed E-state index contributed by atoms with van der Waals surface area (Å²) in [5, 5.41) is 5.73. The van der Waals surface area contributed by atoms with Crippen LogP contribution in [-0.2, 0) is 0 Å². The van der Waals surface area contributed by atoms with Crippen molar-refractivity contribution in [3.8, 4) is 34.0 Å². The average molecular weight is 654 g/mol. The third kappa shape index (κ3) is 4.20. The molecule has 0 spiro atoms. The minimum absolute atomic E-state index is 0.631. The van der Waals surface area contributed by atoms with Crippen LogP contribution in [0.25, 0.3) is 99.7 Å². The maximum Gasteiger partial charge on any atom is 0.172 e. The Morgan fingerprint density at radius 2 is 0.941 bits per heavy atom. The van der Waals surface area contributed by atoms with Gasteiger partial charge in [-0.2, -0.15) is 0 Å². The Bertz CT molecular complexity index is 2920. The molecule has 6 heteroatoms. The highest BCUT2D eigenvalue weighted by Gasteiger charge is 2.18. The van der Waals surface area contributed by atoms with Crippen molar-refractivity contribution in [2.75, 3.05) is 0 Å². The number of hydrogen-bond donors (Lipinski definition) is 0. The molecule has 0 atom stereocenters. The Kier molecular flexibility index (Phi) is 5.86. The van der Waals surface area contributed by atoms with Gasteiger partial charge in [0.2, 0.25) is 0 Å². The van der Waals surface area contributed by atoms with Gasteiger partial charge in [0.25, 0.3) is 0 Å². The van der Waals surface area contributed by atoms with E-state index in [0.717, 1.165) is 55.6 Å². The molecule has 11 aromatic rings. The van der Waals surface area contributed by atoms with E-state index in [1.54, 1.807) is 12.4 Å². The smallest absolute Gasteiger partial charge is 0.172 e. The van der Waals surface area contributed by atoms with Crippen LogP contribution in [0.15, 0.2) is 168 Å². The maximum atomic E-state index is 6.21. The van der Waals surface area contributed by atoms with Crippen LogP contribution in [0.2, 0.25) is 0 Å². The minimum Gasteiger partial charge on any atom is -0.451 e. The number of para-hydroxylation sites is 4. The van der Waals surface area contributed by atoms with Crippen LogP contribution in [0.4, 0.5) is 0 Å². The highest BCUT2D eigenvalue weighted by Crippen LogP contribution is 2.38. The predicted molar refractivity (Wildman–Crippen MR) is 207 cm³/mol. The maximum absolute atomic E-state index is 6.21. The van der Waals surface area contributed by atoms with Crippen LogP contribution >= 0.6 is 0 Å². The van der Waals surface area contributed by atoms with E-state index < -0.39 is 0 Å². The van der Waals surface area contributed by atoms with E-state index in [1.165, 1.54) is 27.1 Å². The predicted octanol–water partition coefficient (Wildman–Crippen LogP) is 11.3. The van der Waals surface area contributed by atoms with Gasteiger partial charge in [0.1, 0.15) is 5.52 Å². The lowest BCUT2D eigenvalue weighted by atomic mass is 10.1. The lowest BCUT2D eigenvalue weighted by Crippen LogP contribution is -1.94. The van der Waals surface area contributed by atoms with Crippen LogP contribution in [0.3, 0.4) is 0 Å². The Hall–Kier alpha value is -7.05. The lowest BCUT2D eigenvalue weighted by Gasteiger charge is -2.08. The van der Waals surface area contributed by atoms with Crippen LogP contribution in [0.5, 0.6) is 0 Å². The van der Waals surface area contributed by atoms with Crippen molar-refractivity contribution in [2.24, 2.45) is 0 Å². The molecule has 0 unspecified atom stereocenters. The van der Waals surface area contributed by atoms with Gasteiger partial charge in [-0.1, -0.05) is 97.1 Å². The molecule has 0 amide bonds. The molecular formula is C45H27N5O. The molecule has 0 radical (unpaired) electrons. The van der Waals surface area contributed by atoms with E-state index in [4.69, 9.17) is 19.4 Å². The highest BCUT2D eigenvalue weighted by molar-refractivity contribution is 6.12. The first kappa shape index (κ1) is 27.9. The number of pyridine rings is 1. The van der Waals surface area contributed by atoms with Crippen molar-refractivity contribution >= 4 is 65.7 Å². The molecule has 0 saturated heterocycles. The number of hydrogen-bond acceptors (Lipinski definition) is 4. The Morgan fingerprint density at radius 3 is 1.59 bits per heavy atom. The van der Waals surface area contributed by atoms with Gasteiger partial charge in [0.05, 0.1) is 45.5 Å². The Labute approximate surface area is 291 Å². The van der Waals surface area contributed by atoms with Gasteiger partial charge < -0.3 is 13.6 Å². The first-order valence-electron chi connectivity index (χ1n) is 17.0. The topological polar surface area (TPSA) is 61.7 Å². The lowest BCUT2D eigenvalue weighted by molar-refractivity contribution is 0.664. The Morgan fingerprint density at radius 1 is 0.412 bits per heavy atom. The second kappa shape index (κ2) is 10.7. The second-order valence-electron chi connectivity index (χ2n) is 12.9. The highest BCUT2D eigenvalue weighted by atomic mass is 16.3. The molecule has 5 aromatic heterocycles. The van der Waals surface area contributed by atoms with Gasteiger partial charge in [-0.25, -0.2) is 9.97 Å². The van der Waals surface area contributed by atoms with Crippen molar-refractivity contribution in [3.63, 3.8) is 0 Å². The number of aromatic nitrogens is 5. The minimum atomic E-state index is 0.631. The summed E-state index contributed by atoms with van der Waals surface area (Å²) in [6, 6.07) is 53.3. The summed E-state index contributed by atoms with van der Waals surface area (Å²) in [4.78, 5) is 14.7. The van der Waals surface area contributed by atoms with Crippen molar-refractivity contribution < 1.29 is 4.42 Å². The van der Waals surface area contributed by atoms with E-state index in [0.29, 0.717) is 17.0 Å². The summed E-state index contributed by atoms with van der Waals surface area (Å²) < 4.78 is 10.9. The molecule has 0 saturated carbocycles. The molecule has 0 aliphatic heterocycles. The zero-order chi connectivity index (χ0) is 33.5. The normalized spacial score (nSPS) is 11.9. The number of benzene rings is 6. The van der Waals surface area contributed by atoms with Crippen molar-refractivity contribution in [1.29, 1.82) is 0 Å². The zero-order valence-corrected chi connectivity index (χ0v) is 27.2. The van der Waals surface area contributed by atoms with Gasteiger partial charge >= 0.3 is 0 Å². The monoisotopic (exact) mass is 653 g/mol. The quantitative estimate of drug-likeness (QED) is 0.190. The summed E-state index contributed by atoms with van der Waals surface area (Å²) in [7, 11) is 0. The molecular weight excluding hydrogens is 627 g/mol. The summed E-state index contributed by atoms with van der Waals surface area (Å²) >= 11 is 0. The van der Waals surface area contributed by atoms with Gasteiger partial charge in [-0.3, -0.25) is 4.98 Å². The first-order chi connectivity index (χ1) is 25.3. The molecule has 0 bridgehead atoms. The van der Waals surface area contributed by atoms with Gasteiger partial charge in [0, 0.05) is 44.0 Å². The fourth-order valence-electron chi connectivity index (χ4n) is 7.71. The fraction of sp³-hybridized carbons (Fsp3) is 0. The molecule has 0 N–H and O–H groups in total. The van der Waals surface area contributed by atoms with Crippen LogP contribution in [0, 0.1) is 0 Å². The second-order valence-corrected chi connectivity index (χ2v) is 12.9. The van der Waals surface area contributed by atoms with Crippen molar-refractivity contribution in [2.45, 2.75) is 0 Å². The van der Waals surface area contributed by atoms with E-state index >= 15 is 0 Å². The summed E-state index contributed by atoms with van der Waals surface area (Å²) in [6.07, 6.45) is 3.58. The molecule has 6 nitrogen and oxygen atoms in total. The molecule has 0 aliphatic rings.